The largest absolute Gasteiger partial charge is 0.173 e. The second-order valence-corrected chi connectivity index (χ2v) is 3.05. The van der Waals surface area contributed by atoms with Gasteiger partial charge in [0.2, 0.25) is 0 Å². The van der Waals surface area contributed by atoms with E-state index in [0.29, 0.717) is 0 Å². The highest BCUT2D eigenvalue weighted by Gasteiger charge is 2.07. The Labute approximate surface area is 84.3 Å². The fourth-order valence-corrected chi connectivity index (χ4v) is 1.44. The molecule has 0 saturated heterocycles. The quantitative estimate of drug-likeness (QED) is 0.721. The van der Waals surface area contributed by atoms with E-state index in [1.165, 1.54) is 11.7 Å². The average molecular weight is 196 g/mol. The van der Waals surface area contributed by atoms with Crippen LogP contribution in [0.5, 0.6) is 0 Å². The molecule has 1 aromatic rings. The lowest BCUT2D eigenvalue weighted by atomic mass is 10.1. The van der Waals surface area contributed by atoms with Crippen molar-refractivity contribution in [1.29, 1.82) is 0 Å². The molecular weight excluding hydrogens is 180 g/mol. The third kappa shape index (κ3) is 3.11. The van der Waals surface area contributed by atoms with Crippen molar-refractivity contribution in [1.82, 2.24) is 8.75 Å². The van der Waals surface area contributed by atoms with E-state index in [2.05, 4.69) is 21.9 Å². The van der Waals surface area contributed by atoms with Crippen LogP contribution < -0.4 is 0 Å². The molecule has 0 aliphatic rings. The first-order valence-corrected chi connectivity index (χ1v) is 5.00. The number of hydrogen-bond donors (Lipinski definition) is 0. The van der Waals surface area contributed by atoms with Gasteiger partial charge in [-0.3, -0.25) is 0 Å². The van der Waals surface area contributed by atoms with Crippen LogP contribution in [0.2, 0.25) is 0 Å². The fraction of sp³-hybridized carbons (Fsp3) is 0.400. The van der Waals surface area contributed by atoms with Crippen molar-refractivity contribution in [2.45, 2.75) is 27.7 Å². The van der Waals surface area contributed by atoms with Gasteiger partial charge >= 0.3 is 0 Å². The van der Waals surface area contributed by atoms with Crippen molar-refractivity contribution < 1.29 is 0 Å². The lowest BCUT2D eigenvalue weighted by molar-refractivity contribution is 1.36. The minimum absolute atomic E-state index is 0.877. The minimum atomic E-state index is 0.877. The third-order valence-corrected chi connectivity index (χ3v) is 1.83. The van der Waals surface area contributed by atoms with Crippen molar-refractivity contribution in [3.63, 3.8) is 0 Å². The Morgan fingerprint density at radius 2 is 1.31 bits per heavy atom. The molecule has 0 spiro atoms. The molecule has 1 heterocycles. The molecule has 0 aliphatic heterocycles. The summed E-state index contributed by atoms with van der Waals surface area (Å²) in [6.45, 7) is 15.4. The first-order chi connectivity index (χ1) is 6.13. The second kappa shape index (κ2) is 5.65. The third-order valence-electron chi connectivity index (χ3n) is 1.30. The number of allylic oxidation sites excluding steroid dienone is 2. The van der Waals surface area contributed by atoms with E-state index in [4.69, 9.17) is 0 Å². The summed E-state index contributed by atoms with van der Waals surface area (Å²) in [5.41, 5.74) is 3.64. The number of aromatic nitrogens is 2. The summed E-state index contributed by atoms with van der Waals surface area (Å²) < 4.78 is 8.21. The van der Waals surface area contributed by atoms with E-state index in [9.17, 15) is 0 Å². The van der Waals surface area contributed by atoms with Crippen LogP contribution in [0.1, 0.15) is 39.1 Å². The SMILES string of the molecule is C=C(C)c1nsnc1C(=C)C.CC. The highest BCUT2D eigenvalue weighted by atomic mass is 32.1. The molecule has 1 aromatic heterocycles. The maximum absolute atomic E-state index is 4.11. The monoisotopic (exact) mass is 196 g/mol. The zero-order valence-electron chi connectivity index (χ0n) is 8.72. The fourth-order valence-electron chi connectivity index (χ4n) is 0.749. The summed E-state index contributed by atoms with van der Waals surface area (Å²) in [7, 11) is 0. The van der Waals surface area contributed by atoms with E-state index in [0.717, 1.165) is 22.5 Å². The number of hydrogen-bond acceptors (Lipinski definition) is 3. The van der Waals surface area contributed by atoms with E-state index in [1.807, 2.05) is 27.7 Å². The predicted octanol–water partition coefficient (Wildman–Crippen LogP) is 3.63. The summed E-state index contributed by atoms with van der Waals surface area (Å²) in [5.74, 6) is 0. The molecule has 2 nitrogen and oxygen atoms in total. The van der Waals surface area contributed by atoms with Crippen LogP contribution in [0.25, 0.3) is 11.1 Å². The highest BCUT2D eigenvalue weighted by Crippen LogP contribution is 2.20. The summed E-state index contributed by atoms with van der Waals surface area (Å²) >= 11 is 1.20. The average Bonchev–Trinajstić information content (AvgIpc) is 2.55. The summed E-state index contributed by atoms with van der Waals surface area (Å²) in [4.78, 5) is 0. The summed E-state index contributed by atoms with van der Waals surface area (Å²) in [6, 6.07) is 0. The van der Waals surface area contributed by atoms with Crippen LogP contribution >= 0.6 is 11.7 Å². The van der Waals surface area contributed by atoms with Crippen LogP contribution in [0.3, 0.4) is 0 Å². The number of nitrogens with zero attached hydrogens (tertiary/aromatic N) is 2. The Morgan fingerprint density at radius 1 is 1.00 bits per heavy atom. The predicted molar refractivity (Wildman–Crippen MR) is 60.7 cm³/mol. The van der Waals surface area contributed by atoms with Gasteiger partial charge in [-0.2, -0.15) is 8.75 Å². The first-order valence-electron chi connectivity index (χ1n) is 4.27. The molecule has 1 rings (SSSR count). The Morgan fingerprint density at radius 3 is 1.54 bits per heavy atom. The first kappa shape index (κ1) is 12.0. The number of rotatable bonds is 2. The lowest BCUT2D eigenvalue weighted by Gasteiger charge is -1.96. The topological polar surface area (TPSA) is 25.8 Å². The Balaban J connectivity index is 0.000000671. The van der Waals surface area contributed by atoms with Crippen LogP contribution in [-0.4, -0.2) is 8.75 Å². The minimum Gasteiger partial charge on any atom is -0.173 e. The molecule has 0 amide bonds. The Hall–Kier alpha value is -0.960. The Kier molecular flexibility index (Phi) is 5.23. The molecule has 0 aliphatic carbocycles. The van der Waals surface area contributed by atoms with E-state index in [-0.39, 0.29) is 0 Å². The summed E-state index contributed by atoms with van der Waals surface area (Å²) in [5, 5.41) is 0. The van der Waals surface area contributed by atoms with Gasteiger partial charge in [-0.25, -0.2) is 0 Å². The molecule has 0 unspecified atom stereocenters. The van der Waals surface area contributed by atoms with Gasteiger partial charge in [0, 0.05) is 0 Å². The van der Waals surface area contributed by atoms with Crippen LogP contribution in [-0.2, 0) is 0 Å². The normalized spacial score (nSPS) is 8.62. The maximum atomic E-state index is 4.11. The van der Waals surface area contributed by atoms with Crippen molar-refractivity contribution in [2.24, 2.45) is 0 Å². The smallest absolute Gasteiger partial charge is 0.107 e. The molecule has 0 saturated carbocycles. The van der Waals surface area contributed by atoms with Gasteiger partial charge in [0.1, 0.15) is 11.4 Å². The van der Waals surface area contributed by atoms with Gasteiger partial charge < -0.3 is 0 Å². The maximum Gasteiger partial charge on any atom is 0.107 e. The van der Waals surface area contributed by atoms with Gasteiger partial charge in [0.25, 0.3) is 0 Å². The molecular formula is C10H16N2S. The molecule has 72 valence electrons. The van der Waals surface area contributed by atoms with E-state index in [1.54, 1.807) is 0 Å². The van der Waals surface area contributed by atoms with Crippen LogP contribution in [0, 0.1) is 0 Å². The van der Waals surface area contributed by atoms with Crippen molar-refractivity contribution in [3.8, 4) is 0 Å². The zero-order valence-corrected chi connectivity index (χ0v) is 9.53. The molecule has 3 heteroatoms. The van der Waals surface area contributed by atoms with Gasteiger partial charge in [-0.15, -0.1) is 0 Å². The van der Waals surface area contributed by atoms with E-state index < -0.39 is 0 Å². The summed E-state index contributed by atoms with van der Waals surface area (Å²) in [6.07, 6.45) is 0. The molecule has 0 N–H and O–H groups in total. The van der Waals surface area contributed by atoms with Crippen molar-refractivity contribution in [2.75, 3.05) is 0 Å². The molecule has 0 aromatic carbocycles. The highest BCUT2D eigenvalue weighted by molar-refractivity contribution is 6.99. The molecule has 13 heavy (non-hydrogen) atoms. The zero-order chi connectivity index (χ0) is 10.4. The van der Waals surface area contributed by atoms with Gasteiger partial charge in [0.05, 0.1) is 11.7 Å². The molecule has 0 fully saturated rings. The standard InChI is InChI=1S/C8H10N2S.C2H6/c1-5(2)7-8(6(3)4)10-11-9-7;1-2/h1,3H2,2,4H3;1-2H3. The van der Waals surface area contributed by atoms with Gasteiger partial charge in [0.15, 0.2) is 0 Å². The molecule has 0 atom stereocenters. The van der Waals surface area contributed by atoms with Gasteiger partial charge in [-0.1, -0.05) is 27.0 Å². The Bertz CT molecular complexity index is 271. The molecule has 0 bridgehead atoms. The van der Waals surface area contributed by atoms with Crippen LogP contribution in [0.4, 0.5) is 0 Å². The van der Waals surface area contributed by atoms with Crippen molar-refractivity contribution >= 4 is 22.9 Å². The van der Waals surface area contributed by atoms with Crippen LogP contribution in [0.15, 0.2) is 13.2 Å². The van der Waals surface area contributed by atoms with Gasteiger partial charge in [-0.05, 0) is 25.0 Å². The second-order valence-electron chi connectivity index (χ2n) is 2.52. The van der Waals surface area contributed by atoms with E-state index >= 15 is 0 Å². The molecule has 0 radical (unpaired) electrons. The van der Waals surface area contributed by atoms with Crippen molar-refractivity contribution in [3.05, 3.63) is 24.5 Å². The lowest BCUT2D eigenvalue weighted by Crippen LogP contribution is -1.85.